The number of hydrogen-bond acceptors (Lipinski definition) is 6. The van der Waals surface area contributed by atoms with Crippen molar-refractivity contribution in [3.8, 4) is 0 Å². The Labute approximate surface area is 162 Å². The number of ether oxygens (including phenoxy) is 1. The van der Waals surface area contributed by atoms with Crippen LogP contribution < -0.4 is 10.7 Å². The number of nitrogens with zero attached hydrogens (tertiary/aromatic N) is 2. The van der Waals surface area contributed by atoms with Gasteiger partial charge < -0.3 is 10.1 Å². The van der Waals surface area contributed by atoms with Gasteiger partial charge in [0.2, 0.25) is 0 Å². The number of rotatable bonds is 5. The first-order valence-electron chi connectivity index (χ1n) is 9.12. The standard InChI is InChI=1S/C19H22N4O5/c1-13-7-9-19(10-8-13)17(26)23(18(27)21-19)22-15(24)12-28-16(25)6-5-14-4-2-3-11-20-14/h2-6,11,13H,7-10,12H2,1H3,(H,21,27)(H,22,24). The van der Waals surface area contributed by atoms with E-state index >= 15 is 0 Å². The van der Waals surface area contributed by atoms with Gasteiger partial charge in [0.25, 0.3) is 11.8 Å². The summed E-state index contributed by atoms with van der Waals surface area (Å²) in [6.07, 6.45) is 6.90. The molecular formula is C19H22N4O5. The van der Waals surface area contributed by atoms with Gasteiger partial charge in [0, 0.05) is 12.3 Å². The summed E-state index contributed by atoms with van der Waals surface area (Å²) in [5, 5.41) is 3.37. The molecule has 1 aliphatic carbocycles. The summed E-state index contributed by atoms with van der Waals surface area (Å²) < 4.78 is 4.82. The molecule has 2 fully saturated rings. The highest BCUT2D eigenvalue weighted by atomic mass is 16.5. The number of nitrogens with one attached hydrogen (secondary N) is 2. The molecule has 0 atom stereocenters. The van der Waals surface area contributed by atoms with E-state index in [1.807, 2.05) is 0 Å². The van der Waals surface area contributed by atoms with Crippen LogP contribution in [0.5, 0.6) is 0 Å². The molecule has 2 aliphatic rings. The van der Waals surface area contributed by atoms with Crippen LogP contribution >= 0.6 is 0 Å². The molecule has 0 bridgehead atoms. The van der Waals surface area contributed by atoms with Crippen molar-refractivity contribution in [1.82, 2.24) is 20.7 Å². The van der Waals surface area contributed by atoms with Crippen LogP contribution in [0.15, 0.2) is 30.5 Å². The Kier molecular flexibility index (Phi) is 5.72. The number of pyridine rings is 1. The normalized spacial score (nSPS) is 24.5. The number of amides is 4. The second-order valence-electron chi connectivity index (χ2n) is 7.07. The van der Waals surface area contributed by atoms with Crippen LogP contribution in [0.1, 0.15) is 38.3 Å². The lowest BCUT2D eigenvalue weighted by molar-refractivity contribution is -0.147. The lowest BCUT2D eigenvalue weighted by atomic mass is 9.77. The van der Waals surface area contributed by atoms with E-state index in [4.69, 9.17) is 4.74 Å². The maximum absolute atomic E-state index is 12.6. The topological polar surface area (TPSA) is 118 Å². The third kappa shape index (κ3) is 4.36. The molecule has 2 N–H and O–H groups in total. The van der Waals surface area contributed by atoms with Crippen molar-refractivity contribution in [2.75, 3.05) is 6.61 Å². The van der Waals surface area contributed by atoms with Crippen LogP contribution in [0.4, 0.5) is 4.79 Å². The Balaban J connectivity index is 1.49. The van der Waals surface area contributed by atoms with Crippen LogP contribution in [0, 0.1) is 5.92 Å². The molecule has 1 aliphatic heterocycles. The summed E-state index contributed by atoms with van der Waals surface area (Å²) >= 11 is 0. The van der Waals surface area contributed by atoms with Crippen LogP contribution in [0.2, 0.25) is 0 Å². The SMILES string of the molecule is CC1CCC2(CC1)NC(=O)N(NC(=O)COC(=O)C=Cc1ccccn1)C2=O. The lowest BCUT2D eigenvalue weighted by Gasteiger charge is -2.33. The van der Waals surface area contributed by atoms with E-state index in [1.165, 1.54) is 6.08 Å². The first-order valence-corrected chi connectivity index (χ1v) is 9.12. The second-order valence-corrected chi connectivity index (χ2v) is 7.07. The number of carbonyl (C=O) groups is 4. The van der Waals surface area contributed by atoms with Crippen molar-refractivity contribution in [1.29, 1.82) is 0 Å². The fourth-order valence-corrected chi connectivity index (χ4v) is 3.29. The molecule has 0 unspecified atom stereocenters. The second kappa shape index (κ2) is 8.20. The molecule has 3 rings (SSSR count). The number of urea groups is 1. The molecule has 1 saturated carbocycles. The maximum Gasteiger partial charge on any atom is 0.344 e. The molecule has 2 heterocycles. The predicted octanol–water partition coefficient (Wildman–Crippen LogP) is 1.17. The third-order valence-electron chi connectivity index (χ3n) is 4.95. The summed E-state index contributed by atoms with van der Waals surface area (Å²) in [5.41, 5.74) is 1.83. The number of esters is 1. The van der Waals surface area contributed by atoms with Gasteiger partial charge in [0.1, 0.15) is 5.54 Å². The summed E-state index contributed by atoms with van der Waals surface area (Å²) in [5.74, 6) is -1.49. The first kappa shape index (κ1) is 19.5. The third-order valence-corrected chi connectivity index (χ3v) is 4.95. The van der Waals surface area contributed by atoms with E-state index in [0.29, 0.717) is 29.5 Å². The van der Waals surface area contributed by atoms with Crippen molar-refractivity contribution in [3.05, 3.63) is 36.2 Å². The lowest BCUT2D eigenvalue weighted by Crippen LogP contribution is -2.52. The minimum absolute atomic E-state index is 0.473. The molecule has 1 spiro atoms. The van der Waals surface area contributed by atoms with Gasteiger partial charge in [0.05, 0.1) is 5.69 Å². The summed E-state index contributed by atoms with van der Waals surface area (Å²) in [4.78, 5) is 52.5. The van der Waals surface area contributed by atoms with Crippen LogP contribution in [0.25, 0.3) is 6.08 Å². The van der Waals surface area contributed by atoms with Crippen molar-refractivity contribution in [3.63, 3.8) is 0 Å². The quantitative estimate of drug-likeness (QED) is 0.446. The molecule has 1 aromatic heterocycles. The minimum atomic E-state index is -0.945. The smallest absolute Gasteiger partial charge is 0.344 e. The van der Waals surface area contributed by atoms with Gasteiger partial charge in [0.15, 0.2) is 6.61 Å². The van der Waals surface area contributed by atoms with Gasteiger partial charge in [-0.3, -0.25) is 20.0 Å². The molecule has 0 radical (unpaired) electrons. The Morgan fingerprint density at radius 2 is 2.11 bits per heavy atom. The number of imide groups is 1. The van der Waals surface area contributed by atoms with Crippen molar-refractivity contribution < 1.29 is 23.9 Å². The zero-order chi connectivity index (χ0) is 20.1. The van der Waals surface area contributed by atoms with E-state index in [9.17, 15) is 19.2 Å². The molecule has 9 nitrogen and oxygen atoms in total. The van der Waals surface area contributed by atoms with Gasteiger partial charge in [-0.1, -0.05) is 13.0 Å². The molecule has 4 amide bonds. The van der Waals surface area contributed by atoms with Gasteiger partial charge in [-0.25, -0.2) is 9.59 Å². The Morgan fingerprint density at radius 3 is 2.79 bits per heavy atom. The summed E-state index contributed by atoms with van der Waals surface area (Å²) in [6, 6.07) is 4.54. The van der Waals surface area contributed by atoms with Gasteiger partial charge in [-0.2, -0.15) is 5.01 Å². The predicted molar refractivity (Wildman–Crippen MR) is 98.1 cm³/mol. The molecule has 9 heteroatoms. The van der Waals surface area contributed by atoms with Crippen molar-refractivity contribution in [2.45, 2.75) is 38.1 Å². The molecule has 1 saturated heterocycles. The number of aromatic nitrogens is 1. The largest absolute Gasteiger partial charge is 0.452 e. The summed E-state index contributed by atoms with van der Waals surface area (Å²) in [6.45, 7) is 1.48. The first-order chi connectivity index (χ1) is 13.4. The Bertz CT molecular complexity index is 800. The zero-order valence-electron chi connectivity index (χ0n) is 15.5. The van der Waals surface area contributed by atoms with E-state index in [2.05, 4.69) is 22.7 Å². The Hall–Kier alpha value is -3.23. The highest BCUT2D eigenvalue weighted by Gasteiger charge is 2.52. The fourth-order valence-electron chi connectivity index (χ4n) is 3.29. The highest BCUT2D eigenvalue weighted by molar-refractivity contribution is 6.08. The van der Waals surface area contributed by atoms with E-state index < -0.39 is 36.0 Å². The zero-order valence-corrected chi connectivity index (χ0v) is 15.5. The number of hydrogen-bond donors (Lipinski definition) is 2. The van der Waals surface area contributed by atoms with Gasteiger partial charge in [-0.15, -0.1) is 0 Å². The van der Waals surface area contributed by atoms with Crippen molar-refractivity contribution in [2.24, 2.45) is 5.92 Å². The maximum atomic E-state index is 12.6. The highest BCUT2D eigenvalue weighted by Crippen LogP contribution is 2.35. The molecular weight excluding hydrogens is 364 g/mol. The number of carbonyl (C=O) groups excluding carboxylic acids is 4. The number of hydrazine groups is 1. The fraction of sp³-hybridized carbons (Fsp3) is 0.421. The van der Waals surface area contributed by atoms with Crippen molar-refractivity contribution >= 4 is 29.9 Å². The molecule has 28 heavy (non-hydrogen) atoms. The van der Waals surface area contributed by atoms with E-state index in [0.717, 1.165) is 18.9 Å². The van der Waals surface area contributed by atoms with E-state index in [1.54, 1.807) is 24.4 Å². The average molecular weight is 386 g/mol. The molecule has 0 aromatic carbocycles. The van der Waals surface area contributed by atoms with Gasteiger partial charge in [-0.05, 0) is 49.8 Å². The monoisotopic (exact) mass is 386 g/mol. The van der Waals surface area contributed by atoms with Crippen LogP contribution in [-0.2, 0) is 19.1 Å². The van der Waals surface area contributed by atoms with Crippen LogP contribution in [0.3, 0.4) is 0 Å². The minimum Gasteiger partial charge on any atom is -0.452 e. The summed E-state index contributed by atoms with van der Waals surface area (Å²) in [7, 11) is 0. The molecule has 148 valence electrons. The Morgan fingerprint density at radius 1 is 1.36 bits per heavy atom. The van der Waals surface area contributed by atoms with Gasteiger partial charge >= 0.3 is 12.0 Å². The van der Waals surface area contributed by atoms with E-state index in [-0.39, 0.29) is 0 Å². The van der Waals surface area contributed by atoms with Crippen LogP contribution in [-0.4, -0.2) is 46.0 Å². The molecule has 1 aromatic rings. The average Bonchev–Trinajstić information content (AvgIpc) is 2.92.